The lowest BCUT2D eigenvalue weighted by Crippen LogP contribution is -2.36. The number of carbonyl (C=O) groups is 2. The molecule has 124 valence electrons. The minimum atomic E-state index is -0.454. The van der Waals surface area contributed by atoms with E-state index < -0.39 is 11.8 Å². The summed E-state index contributed by atoms with van der Waals surface area (Å²) in [6.07, 6.45) is 2.41. The molecule has 7 nitrogen and oxygen atoms in total. The number of methoxy groups -OCH3 is 1. The van der Waals surface area contributed by atoms with Gasteiger partial charge in [0.15, 0.2) is 11.6 Å². The van der Waals surface area contributed by atoms with E-state index in [1.54, 1.807) is 13.2 Å². The zero-order valence-electron chi connectivity index (χ0n) is 13.1. The number of rotatable bonds is 4. The highest BCUT2D eigenvalue weighted by molar-refractivity contribution is 7.13. The van der Waals surface area contributed by atoms with Gasteiger partial charge in [-0.1, -0.05) is 12.1 Å². The Hall–Kier alpha value is -3.26. The number of amides is 2. The Labute approximate surface area is 146 Å². The smallest absolute Gasteiger partial charge is 0.272 e. The van der Waals surface area contributed by atoms with Crippen molar-refractivity contribution < 1.29 is 14.3 Å². The van der Waals surface area contributed by atoms with E-state index in [0.717, 1.165) is 9.89 Å². The van der Waals surface area contributed by atoms with Gasteiger partial charge in [0.25, 0.3) is 11.8 Å². The third-order valence-corrected chi connectivity index (χ3v) is 4.54. The number of hydrogen-bond acceptors (Lipinski definition) is 7. The molecule has 25 heavy (non-hydrogen) atoms. The van der Waals surface area contributed by atoms with Crippen LogP contribution >= 0.6 is 11.3 Å². The molecule has 1 N–H and O–H groups in total. The number of ether oxygens (including phenoxy) is 1. The molecule has 0 spiro atoms. The topological polar surface area (TPSA) is 84.4 Å². The van der Waals surface area contributed by atoms with E-state index >= 15 is 0 Å². The van der Waals surface area contributed by atoms with Crippen molar-refractivity contribution >= 4 is 39.9 Å². The molecular formula is C17H12N4O3S. The van der Waals surface area contributed by atoms with E-state index in [-0.39, 0.29) is 0 Å². The molecule has 1 aliphatic heterocycles. The highest BCUT2D eigenvalue weighted by atomic mass is 32.1. The van der Waals surface area contributed by atoms with Crippen molar-refractivity contribution in [3.05, 3.63) is 47.9 Å². The van der Waals surface area contributed by atoms with Crippen molar-refractivity contribution in [2.45, 2.75) is 0 Å². The summed E-state index contributed by atoms with van der Waals surface area (Å²) < 4.78 is 5.40. The second-order valence-corrected chi connectivity index (χ2v) is 6.13. The Kier molecular flexibility index (Phi) is 3.66. The first-order valence-corrected chi connectivity index (χ1v) is 8.27. The number of nitrogens with zero attached hydrogens (tertiary/aromatic N) is 3. The Bertz CT molecular complexity index is 996. The molecular weight excluding hydrogens is 340 g/mol. The number of benzene rings is 1. The Balaban J connectivity index is 1.90. The van der Waals surface area contributed by atoms with Crippen LogP contribution in [0.4, 0.5) is 5.82 Å². The molecule has 3 aromatic rings. The van der Waals surface area contributed by atoms with Crippen molar-refractivity contribution in [3.63, 3.8) is 0 Å². The average molecular weight is 352 g/mol. The molecule has 0 bridgehead atoms. The minimum Gasteiger partial charge on any atom is -0.496 e. The van der Waals surface area contributed by atoms with Crippen LogP contribution in [-0.2, 0) is 9.59 Å². The van der Waals surface area contributed by atoms with Crippen molar-refractivity contribution in [3.8, 4) is 16.5 Å². The summed E-state index contributed by atoms with van der Waals surface area (Å²) in [6, 6.07) is 9.23. The highest BCUT2D eigenvalue weighted by Crippen LogP contribution is 2.33. The van der Waals surface area contributed by atoms with E-state index in [0.29, 0.717) is 28.3 Å². The van der Waals surface area contributed by atoms with Crippen LogP contribution < -0.4 is 10.2 Å². The third kappa shape index (κ3) is 2.62. The van der Waals surface area contributed by atoms with Gasteiger partial charge in [-0.2, -0.15) is 5.01 Å². The maximum atomic E-state index is 11.9. The number of thiophene rings is 1. The molecule has 0 fully saturated rings. The molecule has 0 saturated heterocycles. The number of anilines is 1. The van der Waals surface area contributed by atoms with Crippen molar-refractivity contribution in [2.24, 2.45) is 0 Å². The van der Waals surface area contributed by atoms with Gasteiger partial charge >= 0.3 is 0 Å². The van der Waals surface area contributed by atoms with Gasteiger partial charge in [-0.3, -0.25) is 15.0 Å². The monoisotopic (exact) mass is 352 g/mol. The quantitative estimate of drug-likeness (QED) is 0.727. The first-order chi connectivity index (χ1) is 12.2. The number of hydrogen-bond donors (Lipinski definition) is 1. The van der Waals surface area contributed by atoms with Gasteiger partial charge in [-0.05, 0) is 23.6 Å². The predicted molar refractivity (Wildman–Crippen MR) is 94.0 cm³/mol. The number of hydrazine groups is 1. The minimum absolute atomic E-state index is 0.330. The first kappa shape index (κ1) is 15.3. The molecule has 0 unspecified atom stereocenters. The van der Waals surface area contributed by atoms with Gasteiger partial charge < -0.3 is 4.74 Å². The van der Waals surface area contributed by atoms with E-state index in [2.05, 4.69) is 15.4 Å². The fourth-order valence-corrected chi connectivity index (χ4v) is 3.19. The van der Waals surface area contributed by atoms with E-state index in [4.69, 9.17) is 4.74 Å². The van der Waals surface area contributed by atoms with Crippen LogP contribution in [0.1, 0.15) is 0 Å². The summed E-state index contributed by atoms with van der Waals surface area (Å²) in [6.45, 7) is 0. The van der Waals surface area contributed by atoms with Crippen LogP contribution in [0.3, 0.4) is 0 Å². The molecule has 3 heterocycles. The molecule has 2 amide bonds. The Morgan fingerprint density at radius 2 is 1.88 bits per heavy atom. The molecule has 1 aromatic carbocycles. The lowest BCUT2D eigenvalue weighted by atomic mass is 10.2. The fraction of sp³-hybridized carbons (Fsp3) is 0.0588. The van der Waals surface area contributed by atoms with Gasteiger partial charge in [0.2, 0.25) is 0 Å². The van der Waals surface area contributed by atoms with Gasteiger partial charge in [0.05, 0.1) is 22.9 Å². The molecule has 4 rings (SSSR count). The van der Waals surface area contributed by atoms with Gasteiger partial charge in [0.1, 0.15) is 5.75 Å². The number of imide groups is 1. The summed E-state index contributed by atoms with van der Waals surface area (Å²) in [7, 11) is 1.54. The summed E-state index contributed by atoms with van der Waals surface area (Å²) in [5.74, 6) is 0.472. The third-order valence-electron chi connectivity index (χ3n) is 3.67. The predicted octanol–water partition coefficient (Wildman–Crippen LogP) is 2.62. The number of carbonyl (C=O) groups excluding carboxylic acids is 2. The van der Waals surface area contributed by atoms with E-state index in [1.165, 1.54) is 23.5 Å². The van der Waals surface area contributed by atoms with Gasteiger partial charge in [0, 0.05) is 12.2 Å². The van der Waals surface area contributed by atoms with Gasteiger partial charge in [-0.25, -0.2) is 9.97 Å². The zero-order chi connectivity index (χ0) is 17.4. The number of nitrogens with one attached hydrogen (secondary N) is 1. The molecule has 0 aliphatic carbocycles. The molecule has 0 saturated carbocycles. The van der Waals surface area contributed by atoms with Crippen LogP contribution in [0.25, 0.3) is 21.6 Å². The summed E-state index contributed by atoms with van der Waals surface area (Å²) in [5.41, 5.74) is 3.45. The second-order valence-electron chi connectivity index (χ2n) is 5.18. The maximum Gasteiger partial charge on any atom is 0.272 e. The first-order valence-electron chi connectivity index (χ1n) is 7.39. The summed E-state index contributed by atoms with van der Waals surface area (Å²) >= 11 is 1.50. The molecule has 1 aliphatic rings. The van der Waals surface area contributed by atoms with Crippen LogP contribution in [0.5, 0.6) is 5.75 Å². The van der Waals surface area contributed by atoms with Crippen LogP contribution in [0.15, 0.2) is 47.9 Å². The van der Waals surface area contributed by atoms with Crippen molar-refractivity contribution in [1.29, 1.82) is 0 Å². The Morgan fingerprint density at radius 1 is 1.08 bits per heavy atom. The lowest BCUT2D eigenvalue weighted by Gasteiger charge is -2.18. The fourth-order valence-electron chi connectivity index (χ4n) is 2.53. The largest absolute Gasteiger partial charge is 0.496 e. The lowest BCUT2D eigenvalue weighted by molar-refractivity contribution is -0.135. The average Bonchev–Trinajstić information content (AvgIpc) is 3.27. The van der Waals surface area contributed by atoms with Gasteiger partial charge in [-0.15, -0.1) is 11.3 Å². The standard InChI is InChI=1S/C17H12N4O3S/c1-24-11-5-2-4-10-15(11)17(20-21-13(22)7-8-14(21)23)19-16(18-10)12-6-3-9-25-12/h2-9H,1H3,(H,18,19,20). The highest BCUT2D eigenvalue weighted by Gasteiger charge is 2.26. The van der Waals surface area contributed by atoms with Crippen molar-refractivity contribution in [1.82, 2.24) is 15.0 Å². The van der Waals surface area contributed by atoms with Crippen LogP contribution in [0, 0.1) is 0 Å². The number of fused-ring (bicyclic) bond motifs is 1. The van der Waals surface area contributed by atoms with E-state index in [1.807, 2.05) is 29.6 Å². The maximum absolute atomic E-state index is 11.9. The summed E-state index contributed by atoms with van der Waals surface area (Å²) in [4.78, 5) is 33.7. The van der Waals surface area contributed by atoms with Crippen LogP contribution in [0.2, 0.25) is 0 Å². The van der Waals surface area contributed by atoms with Crippen LogP contribution in [-0.4, -0.2) is 33.9 Å². The number of aromatic nitrogens is 2. The van der Waals surface area contributed by atoms with E-state index in [9.17, 15) is 9.59 Å². The SMILES string of the molecule is COc1cccc2nc(-c3cccs3)nc(NN3C(=O)C=CC3=O)c12. The molecule has 2 aromatic heterocycles. The zero-order valence-corrected chi connectivity index (χ0v) is 13.9. The Morgan fingerprint density at radius 3 is 2.56 bits per heavy atom. The molecule has 0 radical (unpaired) electrons. The molecule has 8 heteroatoms. The second kappa shape index (κ2) is 5.99. The van der Waals surface area contributed by atoms with Crippen molar-refractivity contribution in [2.75, 3.05) is 12.5 Å². The molecule has 0 atom stereocenters. The normalized spacial score (nSPS) is 13.7. The summed E-state index contributed by atoms with van der Waals surface area (Å²) in [5, 5.41) is 3.43.